The number of carbonyl (C=O) groups excluding carboxylic acids is 2. The monoisotopic (exact) mass is 530 g/mol. The van der Waals surface area contributed by atoms with Crippen molar-refractivity contribution < 1.29 is 28.2 Å². The molecule has 0 amide bonds. The Balaban J connectivity index is 1.76. The summed E-state index contributed by atoms with van der Waals surface area (Å²) in [5, 5.41) is 4.13. The highest BCUT2D eigenvalue weighted by Gasteiger charge is 2.29. The van der Waals surface area contributed by atoms with Crippen molar-refractivity contribution in [3.05, 3.63) is 97.1 Å². The normalized spacial score (nSPS) is 11.3. The lowest BCUT2D eigenvalue weighted by molar-refractivity contribution is -0.633. The molecule has 6 heteroatoms. The second kappa shape index (κ2) is 10.7. The summed E-state index contributed by atoms with van der Waals surface area (Å²) in [6, 6.07) is 32.8. The van der Waals surface area contributed by atoms with Gasteiger partial charge in [0.05, 0.1) is 34.8 Å². The number of nitrogens with zero attached hydrogens (tertiary/aromatic N) is 2. The van der Waals surface area contributed by atoms with Crippen molar-refractivity contribution in [3.63, 3.8) is 0 Å². The van der Waals surface area contributed by atoms with Crippen LogP contribution in [0.25, 0.3) is 54.7 Å². The number of ether oxygens (including phenoxy) is 2. The SMILES string of the molecule is CCOC(=O)C[n+]1c2ccccc2c(-c2c3ccccc3[n+](CC(=O)OCC)c3ccccc23)c2ccccc21. The maximum absolute atomic E-state index is 12.7. The zero-order valence-electron chi connectivity index (χ0n) is 22.6. The number of rotatable bonds is 7. The number of carbonyl (C=O) groups is 2. The van der Waals surface area contributed by atoms with Gasteiger partial charge in [0.25, 0.3) is 0 Å². The first kappa shape index (κ1) is 25.4. The molecule has 2 aromatic heterocycles. The molecule has 40 heavy (non-hydrogen) atoms. The predicted octanol–water partition coefficient (Wildman–Crippen LogP) is 5.67. The molecular weight excluding hydrogens is 500 g/mol. The molecule has 4 aromatic carbocycles. The quantitative estimate of drug-likeness (QED) is 0.152. The van der Waals surface area contributed by atoms with Crippen molar-refractivity contribution in [1.29, 1.82) is 0 Å². The minimum absolute atomic E-state index is 0.116. The van der Waals surface area contributed by atoms with Crippen molar-refractivity contribution >= 4 is 55.6 Å². The van der Waals surface area contributed by atoms with Gasteiger partial charge in [0.2, 0.25) is 35.2 Å². The summed E-state index contributed by atoms with van der Waals surface area (Å²) in [4.78, 5) is 25.4. The molecule has 0 aliphatic carbocycles. The van der Waals surface area contributed by atoms with Gasteiger partial charge in [0.15, 0.2) is 0 Å². The molecule has 0 fully saturated rings. The van der Waals surface area contributed by atoms with Gasteiger partial charge >= 0.3 is 11.9 Å². The molecule has 6 rings (SSSR count). The Labute approximate surface area is 232 Å². The van der Waals surface area contributed by atoms with Crippen molar-refractivity contribution in [2.24, 2.45) is 0 Å². The number of aromatic nitrogens is 2. The van der Waals surface area contributed by atoms with Crippen LogP contribution in [-0.2, 0) is 32.2 Å². The van der Waals surface area contributed by atoms with Gasteiger partial charge in [0, 0.05) is 35.4 Å². The summed E-state index contributed by atoms with van der Waals surface area (Å²) in [5.74, 6) is -0.544. The first-order chi connectivity index (χ1) is 19.6. The Hall–Kier alpha value is -4.84. The van der Waals surface area contributed by atoms with Gasteiger partial charge in [-0.3, -0.25) is 0 Å². The Bertz CT molecular complexity index is 1670. The molecule has 0 radical (unpaired) electrons. The largest absolute Gasteiger partial charge is 0.461 e. The van der Waals surface area contributed by atoms with E-state index in [-0.39, 0.29) is 25.0 Å². The molecule has 0 aliphatic rings. The molecule has 2 heterocycles. The number of fused-ring (bicyclic) bond motifs is 4. The third kappa shape index (κ3) is 4.31. The lowest BCUT2D eigenvalue weighted by Crippen LogP contribution is -2.41. The van der Waals surface area contributed by atoms with E-state index in [4.69, 9.17) is 9.47 Å². The van der Waals surface area contributed by atoms with Crippen LogP contribution in [0.5, 0.6) is 0 Å². The highest BCUT2D eigenvalue weighted by molar-refractivity contribution is 6.18. The third-order valence-electron chi connectivity index (χ3n) is 7.29. The first-order valence-electron chi connectivity index (χ1n) is 13.6. The van der Waals surface area contributed by atoms with Crippen molar-refractivity contribution in [3.8, 4) is 11.1 Å². The van der Waals surface area contributed by atoms with Gasteiger partial charge in [-0.05, 0) is 38.1 Å². The Morgan fingerprint density at radius 1 is 0.500 bits per heavy atom. The molecule has 0 spiro atoms. The molecule has 0 saturated carbocycles. The van der Waals surface area contributed by atoms with Crippen LogP contribution in [0.2, 0.25) is 0 Å². The van der Waals surface area contributed by atoms with Crippen LogP contribution in [0.4, 0.5) is 0 Å². The molecule has 0 aliphatic heterocycles. The summed E-state index contributed by atoms with van der Waals surface area (Å²) in [6.07, 6.45) is 0. The fourth-order valence-electron chi connectivity index (χ4n) is 5.78. The molecular formula is C34H30N2O4+2. The number of para-hydroxylation sites is 4. The van der Waals surface area contributed by atoms with Crippen LogP contribution >= 0.6 is 0 Å². The zero-order valence-corrected chi connectivity index (χ0v) is 22.6. The second-order valence-electron chi connectivity index (χ2n) is 9.60. The topological polar surface area (TPSA) is 60.4 Å². The van der Waals surface area contributed by atoms with E-state index in [0.29, 0.717) is 13.2 Å². The van der Waals surface area contributed by atoms with E-state index < -0.39 is 0 Å². The van der Waals surface area contributed by atoms with Gasteiger partial charge in [-0.15, -0.1) is 0 Å². The lowest BCUT2D eigenvalue weighted by Gasteiger charge is -2.16. The minimum Gasteiger partial charge on any atom is -0.461 e. The van der Waals surface area contributed by atoms with Crippen molar-refractivity contribution in [2.75, 3.05) is 13.2 Å². The van der Waals surface area contributed by atoms with Gasteiger partial charge in [-0.25, -0.2) is 9.59 Å². The molecule has 6 aromatic rings. The van der Waals surface area contributed by atoms with E-state index in [2.05, 4.69) is 48.5 Å². The highest BCUT2D eigenvalue weighted by atomic mass is 16.5. The number of benzene rings is 4. The highest BCUT2D eigenvalue weighted by Crippen LogP contribution is 2.41. The molecule has 0 unspecified atom stereocenters. The molecule has 6 nitrogen and oxygen atoms in total. The number of hydrogen-bond acceptors (Lipinski definition) is 4. The minimum atomic E-state index is -0.272. The number of hydrogen-bond donors (Lipinski definition) is 0. The summed E-state index contributed by atoms with van der Waals surface area (Å²) in [6.45, 7) is 4.54. The van der Waals surface area contributed by atoms with E-state index in [0.717, 1.165) is 54.7 Å². The smallest absolute Gasteiger partial charge is 0.372 e. The van der Waals surface area contributed by atoms with Crippen LogP contribution in [-0.4, -0.2) is 25.2 Å². The molecule has 0 atom stereocenters. The van der Waals surface area contributed by atoms with Crippen molar-refractivity contribution in [2.45, 2.75) is 26.9 Å². The van der Waals surface area contributed by atoms with Crippen molar-refractivity contribution in [1.82, 2.24) is 0 Å². The Morgan fingerprint density at radius 3 is 1.05 bits per heavy atom. The maximum atomic E-state index is 12.7. The Kier molecular flexibility index (Phi) is 6.83. The van der Waals surface area contributed by atoms with E-state index in [1.165, 1.54) is 0 Å². The number of esters is 2. The van der Waals surface area contributed by atoms with Crippen LogP contribution in [0.3, 0.4) is 0 Å². The maximum Gasteiger partial charge on any atom is 0.372 e. The van der Waals surface area contributed by atoms with Gasteiger partial charge < -0.3 is 9.47 Å². The zero-order chi connectivity index (χ0) is 27.6. The molecule has 0 bridgehead atoms. The lowest BCUT2D eigenvalue weighted by atomic mass is 9.90. The standard InChI is InChI=1S/C34H30N2O4/c1-3-39-31(37)21-35-27-17-9-5-13-23(27)33(24-14-6-10-18-28(24)35)34-25-15-7-11-19-29(25)36(22-32(38)40-4-2)30-20-12-8-16-26(30)34/h5-20H,3-4,21-22H2,1-2H3/q+2. The van der Waals surface area contributed by atoms with Crippen LogP contribution in [0, 0.1) is 0 Å². The summed E-state index contributed by atoms with van der Waals surface area (Å²) in [7, 11) is 0. The van der Waals surface area contributed by atoms with E-state index in [9.17, 15) is 9.59 Å². The fraction of sp³-hybridized carbons (Fsp3) is 0.176. The van der Waals surface area contributed by atoms with Crippen LogP contribution in [0.1, 0.15) is 13.8 Å². The molecule has 0 saturated heterocycles. The summed E-state index contributed by atoms with van der Waals surface area (Å²) >= 11 is 0. The third-order valence-corrected chi connectivity index (χ3v) is 7.29. The van der Waals surface area contributed by atoms with E-state index >= 15 is 0 Å². The average molecular weight is 531 g/mol. The van der Waals surface area contributed by atoms with Crippen LogP contribution in [0.15, 0.2) is 97.1 Å². The predicted molar refractivity (Wildman–Crippen MR) is 156 cm³/mol. The van der Waals surface area contributed by atoms with Gasteiger partial charge in [0.1, 0.15) is 0 Å². The first-order valence-corrected chi connectivity index (χ1v) is 13.6. The van der Waals surface area contributed by atoms with E-state index in [1.807, 2.05) is 71.5 Å². The van der Waals surface area contributed by atoms with E-state index in [1.54, 1.807) is 0 Å². The van der Waals surface area contributed by atoms with Crippen LogP contribution < -0.4 is 9.13 Å². The molecule has 198 valence electrons. The van der Waals surface area contributed by atoms with Gasteiger partial charge in [-0.1, -0.05) is 48.5 Å². The average Bonchev–Trinajstić information content (AvgIpc) is 2.98. The Morgan fingerprint density at radius 2 is 0.775 bits per heavy atom. The summed E-state index contributed by atoms with van der Waals surface area (Å²) < 4.78 is 14.8. The second-order valence-corrected chi connectivity index (χ2v) is 9.60. The molecule has 0 N–H and O–H groups in total. The number of pyridine rings is 2. The summed E-state index contributed by atoms with van der Waals surface area (Å²) in [5.41, 5.74) is 5.95. The fourth-order valence-corrected chi connectivity index (χ4v) is 5.78. The van der Waals surface area contributed by atoms with Gasteiger partial charge in [-0.2, -0.15) is 9.13 Å².